The molecular formula is C33H37N3O6. The van der Waals surface area contributed by atoms with Gasteiger partial charge in [0, 0.05) is 5.56 Å². The standard InChI is InChI=1S/C33H37N3O6/c1-8-40-29-16-21(5)26(18-25(29)20(3)4)31-35-27-13-11-10-12-24(27)32(37)36(31)34-19-23-14-15-28(30(17-23)39-7)42-22(6)33(38)41-9-2/h10-20,22H,8-9H2,1-7H3/t22-/m0/s1. The summed E-state index contributed by atoms with van der Waals surface area (Å²) in [5, 5.41) is 5.07. The number of nitrogens with zero attached hydrogens (tertiary/aromatic N) is 3. The predicted octanol–water partition coefficient (Wildman–Crippen LogP) is 6.12. The first-order valence-electron chi connectivity index (χ1n) is 14.0. The molecule has 0 N–H and O–H groups in total. The van der Waals surface area contributed by atoms with Gasteiger partial charge in [-0.25, -0.2) is 9.78 Å². The summed E-state index contributed by atoms with van der Waals surface area (Å²) in [6.07, 6.45) is 0.756. The SMILES string of the molecule is CCOC(=O)[C@H](C)Oc1ccc(C=Nn2c(-c3cc(C(C)C)c(OCC)cc3C)nc3ccccc3c2=O)cc1OC. The Labute approximate surface area is 245 Å². The van der Waals surface area contributed by atoms with Crippen molar-refractivity contribution in [3.63, 3.8) is 0 Å². The molecule has 0 saturated carbocycles. The number of rotatable bonds is 11. The molecule has 0 aliphatic heterocycles. The van der Waals surface area contributed by atoms with Crippen molar-refractivity contribution in [2.24, 2.45) is 5.10 Å². The van der Waals surface area contributed by atoms with Crippen molar-refractivity contribution in [2.45, 2.75) is 53.6 Å². The molecule has 1 aromatic heterocycles. The third kappa shape index (κ3) is 6.46. The summed E-state index contributed by atoms with van der Waals surface area (Å²) in [4.78, 5) is 30.7. The van der Waals surface area contributed by atoms with Gasteiger partial charge in [-0.2, -0.15) is 9.78 Å². The number of aryl methyl sites for hydroxylation is 1. The highest BCUT2D eigenvalue weighted by Gasteiger charge is 2.20. The summed E-state index contributed by atoms with van der Waals surface area (Å²) in [6, 6.07) is 16.4. The first-order chi connectivity index (χ1) is 20.2. The van der Waals surface area contributed by atoms with Crippen LogP contribution in [0.15, 0.2) is 64.5 Å². The number of fused-ring (bicyclic) bond motifs is 1. The molecule has 4 rings (SSSR count). The Kier molecular flexibility index (Phi) is 9.62. The van der Waals surface area contributed by atoms with Crippen molar-refractivity contribution in [2.75, 3.05) is 20.3 Å². The molecule has 0 aliphatic rings. The van der Waals surface area contributed by atoms with Crippen LogP contribution < -0.4 is 19.8 Å². The van der Waals surface area contributed by atoms with Gasteiger partial charge in [-0.15, -0.1) is 0 Å². The van der Waals surface area contributed by atoms with Crippen LogP contribution in [0.2, 0.25) is 0 Å². The zero-order chi connectivity index (χ0) is 30.4. The number of hydrogen-bond acceptors (Lipinski definition) is 8. The molecule has 0 aliphatic carbocycles. The van der Waals surface area contributed by atoms with E-state index in [0.717, 1.165) is 22.4 Å². The maximum Gasteiger partial charge on any atom is 0.347 e. The molecule has 9 heteroatoms. The van der Waals surface area contributed by atoms with E-state index in [1.165, 1.54) is 11.8 Å². The van der Waals surface area contributed by atoms with Gasteiger partial charge in [0.25, 0.3) is 5.56 Å². The second-order valence-corrected chi connectivity index (χ2v) is 10.0. The molecule has 0 unspecified atom stereocenters. The van der Waals surface area contributed by atoms with E-state index >= 15 is 0 Å². The number of benzene rings is 3. The number of carbonyl (C=O) groups excluding carboxylic acids is 1. The third-order valence-electron chi connectivity index (χ3n) is 6.71. The molecule has 3 aromatic carbocycles. The van der Waals surface area contributed by atoms with Crippen molar-refractivity contribution in [3.05, 3.63) is 81.6 Å². The molecule has 1 heterocycles. The van der Waals surface area contributed by atoms with Crippen molar-refractivity contribution >= 4 is 23.1 Å². The molecule has 9 nitrogen and oxygen atoms in total. The van der Waals surface area contributed by atoms with E-state index in [1.54, 1.807) is 50.4 Å². The normalized spacial score (nSPS) is 12.1. The Balaban J connectivity index is 1.81. The van der Waals surface area contributed by atoms with E-state index < -0.39 is 12.1 Å². The first-order valence-corrected chi connectivity index (χ1v) is 14.0. The molecule has 0 saturated heterocycles. The monoisotopic (exact) mass is 571 g/mol. The van der Waals surface area contributed by atoms with E-state index in [4.69, 9.17) is 23.9 Å². The number of ether oxygens (including phenoxy) is 4. The topological polar surface area (TPSA) is 101 Å². The maximum atomic E-state index is 13.8. The first kappa shape index (κ1) is 30.3. The van der Waals surface area contributed by atoms with Crippen LogP contribution in [0.25, 0.3) is 22.3 Å². The molecule has 0 spiro atoms. The van der Waals surface area contributed by atoms with Crippen molar-refractivity contribution in [1.82, 2.24) is 9.66 Å². The fraction of sp³-hybridized carbons (Fsp3) is 0.333. The van der Waals surface area contributed by atoms with E-state index in [9.17, 15) is 9.59 Å². The van der Waals surface area contributed by atoms with Crippen LogP contribution in [-0.2, 0) is 9.53 Å². The molecule has 42 heavy (non-hydrogen) atoms. The zero-order valence-electron chi connectivity index (χ0n) is 25.1. The van der Waals surface area contributed by atoms with Crippen molar-refractivity contribution in [1.29, 1.82) is 0 Å². The van der Waals surface area contributed by atoms with Gasteiger partial charge < -0.3 is 18.9 Å². The number of hydrogen-bond donors (Lipinski definition) is 0. The Bertz CT molecular complexity index is 1670. The lowest BCUT2D eigenvalue weighted by molar-refractivity contribution is -0.150. The summed E-state index contributed by atoms with van der Waals surface area (Å²) < 4.78 is 23.5. The van der Waals surface area contributed by atoms with Gasteiger partial charge in [0.1, 0.15) is 5.75 Å². The number of aromatic nitrogens is 2. The lowest BCUT2D eigenvalue weighted by atomic mass is 9.96. The second kappa shape index (κ2) is 13.3. The number of esters is 1. The van der Waals surface area contributed by atoms with E-state index in [-0.39, 0.29) is 18.1 Å². The maximum absolute atomic E-state index is 13.8. The predicted molar refractivity (Wildman–Crippen MR) is 164 cm³/mol. The van der Waals surface area contributed by atoms with E-state index in [1.807, 2.05) is 38.1 Å². The Morgan fingerprint density at radius 3 is 2.45 bits per heavy atom. The van der Waals surface area contributed by atoms with E-state index in [2.05, 4.69) is 18.9 Å². The van der Waals surface area contributed by atoms with Crippen molar-refractivity contribution < 1.29 is 23.7 Å². The largest absolute Gasteiger partial charge is 0.494 e. The summed E-state index contributed by atoms with van der Waals surface area (Å²) in [6.45, 7) is 12.3. The minimum Gasteiger partial charge on any atom is -0.494 e. The molecular weight excluding hydrogens is 534 g/mol. The second-order valence-electron chi connectivity index (χ2n) is 10.0. The fourth-order valence-corrected chi connectivity index (χ4v) is 4.56. The third-order valence-corrected chi connectivity index (χ3v) is 6.71. The zero-order valence-corrected chi connectivity index (χ0v) is 25.1. The Morgan fingerprint density at radius 2 is 1.76 bits per heavy atom. The quantitative estimate of drug-likeness (QED) is 0.158. The molecule has 0 radical (unpaired) electrons. The summed E-state index contributed by atoms with van der Waals surface area (Å²) in [5.41, 5.74) is 3.67. The lowest BCUT2D eigenvalue weighted by Crippen LogP contribution is -2.26. The smallest absolute Gasteiger partial charge is 0.347 e. The highest BCUT2D eigenvalue weighted by Crippen LogP contribution is 2.34. The van der Waals surface area contributed by atoms with Crippen LogP contribution in [0.1, 0.15) is 57.2 Å². The van der Waals surface area contributed by atoms with Gasteiger partial charge >= 0.3 is 5.97 Å². The molecule has 4 aromatic rings. The van der Waals surface area contributed by atoms with Gasteiger partial charge in [-0.05, 0) is 92.8 Å². The van der Waals surface area contributed by atoms with Gasteiger partial charge in [0.15, 0.2) is 23.4 Å². The molecule has 0 bridgehead atoms. The number of para-hydroxylation sites is 1. The summed E-state index contributed by atoms with van der Waals surface area (Å²) in [5.74, 6) is 1.75. The van der Waals surface area contributed by atoms with Crippen LogP contribution >= 0.6 is 0 Å². The van der Waals surface area contributed by atoms with Gasteiger partial charge in [0.05, 0.1) is 37.4 Å². The highest BCUT2D eigenvalue weighted by molar-refractivity contribution is 5.83. The average molecular weight is 572 g/mol. The number of methoxy groups -OCH3 is 1. The van der Waals surface area contributed by atoms with Crippen LogP contribution in [0.3, 0.4) is 0 Å². The summed E-state index contributed by atoms with van der Waals surface area (Å²) in [7, 11) is 1.51. The molecule has 220 valence electrons. The van der Waals surface area contributed by atoms with Crippen LogP contribution in [-0.4, -0.2) is 48.3 Å². The van der Waals surface area contributed by atoms with Gasteiger partial charge in [0.2, 0.25) is 0 Å². The molecule has 0 fully saturated rings. The molecule has 0 amide bonds. The fourth-order valence-electron chi connectivity index (χ4n) is 4.56. The Hall–Kier alpha value is -4.66. The van der Waals surface area contributed by atoms with Crippen molar-refractivity contribution in [3.8, 4) is 28.6 Å². The minimum absolute atomic E-state index is 0.190. The van der Waals surface area contributed by atoms with Crippen LogP contribution in [0.5, 0.6) is 17.2 Å². The average Bonchev–Trinajstić information content (AvgIpc) is 2.97. The minimum atomic E-state index is -0.809. The van der Waals surface area contributed by atoms with Gasteiger partial charge in [-0.3, -0.25) is 4.79 Å². The van der Waals surface area contributed by atoms with Gasteiger partial charge in [-0.1, -0.05) is 26.0 Å². The Morgan fingerprint density at radius 1 is 1.00 bits per heavy atom. The number of carbonyl (C=O) groups is 1. The van der Waals surface area contributed by atoms with Crippen LogP contribution in [0, 0.1) is 6.92 Å². The van der Waals surface area contributed by atoms with Crippen LogP contribution in [0.4, 0.5) is 0 Å². The summed E-state index contributed by atoms with van der Waals surface area (Å²) >= 11 is 0. The highest BCUT2D eigenvalue weighted by atomic mass is 16.6. The van der Waals surface area contributed by atoms with E-state index in [0.29, 0.717) is 40.4 Å². The molecule has 1 atom stereocenters. The lowest BCUT2D eigenvalue weighted by Gasteiger charge is -2.18.